The van der Waals surface area contributed by atoms with E-state index in [9.17, 15) is 87.8 Å². The van der Waals surface area contributed by atoms with Crippen molar-refractivity contribution in [2.45, 2.75) is 218 Å². The number of carbonyl (C=O) groups excluding carboxylic acids is 13. The van der Waals surface area contributed by atoms with Gasteiger partial charge in [-0.15, -0.1) is 11.8 Å². The van der Waals surface area contributed by atoms with Gasteiger partial charge in [0.25, 0.3) is 0 Å². The standard InChI is InChI=1S/C78H129N25O21S/c1-10-45(8)62(99-70(113)52(35-43(4)5)92-65(108)47(81)22-14-16-28-79)74(117)88-37-59(106)98-61(44(6)7)75(118)94-51(34-42(2)3)68(111)95-54(38-104)71(114)96-55(39-105)72(115)97-56(40-125-41-60(107)123-33-32-102(9)57-26-27-58(103(121)122)64-63(57)100-124-101-64)73(116)93-53(36-46-20-12-11-13-21-46)69(112)90-48(24-18-30-86-77(82)83)66(109)89-49(25-19-31-87-78(84)85)67(110)91-50(76(119)120)23-15-17-29-80/h11-13,20-21,26-27,42-45,47-56,61-62,104-105H,10,14-19,22-25,28-41,79-81H2,1-9H3,(H,88,117)(H,89,109)(H,90,112)(H,91,110)(H,92,108)(H,93,116)(H,94,118)(H,95,111)(H,96,114)(H,97,115)(H,98,106)(H,99,113)(H,119,120)(H4,82,83,86)(H4,84,85,87)/t45-,47-,48-,49-,50-,51-,52-,53-,54-,55-,56-,61-,62-/m0/s1. The maximum absolute atomic E-state index is 15.0. The van der Waals surface area contributed by atoms with E-state index in [1.54, 1.807) is 83.8 Å². The summed E-state index contributed by atoms with van der Waals surface area (Å²) in [6.45, 7) is 10.9. The van der Waals surface area contributed by atoms with Crippen LogP contribution in [0, 0.1) is 33.8 Å². The summed E-state index contributed by atoms with van der Waals surface area (Å²) < 4.78 is 10.2. The third-order valence-electron chi connectivity index (χ3n) is 19.5. The number of non-ortho nitro benzene ring substituents is 1. The Kier molecular flexibility index (Phi) is 49.0. The van der Waals surface area contributed by atoms with Crippen molar-refractivity contribution >= 4 is 129 Å². The summed E-state index contributed by atoms with van der Waals surface area (Å²) in [4.78, 5) is 216. The van der Waals surface area contributed by atoms with Gasteiger partial charge in [0.15, 0.2) is 17.4 Å². The molecular weight excluding hydrogens is 1660 g/mol. The second-order valence-corrected chi connectivity index (χ2v) is 32.2. The van der Waals surface area contributed by atoms with Crippen molar-refractivity contribution in [3.63, 3.8) is 0 Å². The van der Waals surface area contributed by atoms with Crippen LogP contribution in [0.2, 0.25) is 0 Å². The van der Waals surface area contributed by atoms with Crippen molar-refractivity contribution in [2.75, 3.05) is 82.5 Å². The first-order chi connectivity index (χ1) is 59.2. The molecule has 12 amide bonds. The molecule has 125 heavy (non-hydrogen) atoms. The number of aliphatic hydroxyl groups excluding tert-OH is 2. The number of esters is 1. The smallest absolute Gasteiger partial charge is 0.326 e. The predicted octanol–water partition coefficient (Wildman–Crippen LogP) is -4.91. The highest BCUT2D eigenvalue weighted by molar-refractivity contribution is 8.00. The van der Waals surface area contributed by atoms with E-state index in [-0.39, 0.29) is 125 Å². The number of aliphatic hydroxyl groups is 2. The number of nitro benzene ring substituents is 1. The summed E-state index contributed by atoms with van der Waals surface area (Å²) in [5.74, 6) is -16.9. The van der Waals surface area contributed by atoms with Crippen LogP contribution in [0.3, 0.4) is 0 Å². The topological polar surface area (TPSA) is 745 Å². The number of aliphatic carboxylic acids is 1. The molecule has 0 fully saturated rings. The Bertz CT molecular complexity index is 4080. The number of nitro groups is 1. The van der Waals surface area contributed by atoms with Gasteiger partial charge in [-0.25, -0.2) is 9.42 Å². The van der Waals surface area contributed by atoms with Gasteiger partial charge in [-0.05, 0) is 129 Å². The van der Waals surface area contributed by atoms with E-state index in [4.69, 9.17) is 49.5 Å². The number of guanidine groups is 2. The van der Waals surface area contributed by atoms with E-state index in [1.807, 2.05) is 13.8 Å². The molecule has 1 heterocycles. The number of hydrogen-bond donors (Lipinski definition) is 22. The van der Waals surface area contributed by atoms with Crippen molar-refractivity contribution in [3.8, 4) is 0 Å². The number of nitrogens with one attached hydrogen (secondary N) is 12. The quantitative estimate of drug-likeness (QED) is 0.00629. The number of ether oxygens (including phenoxy) is 1. The molecule has 0 saturated heterocycles. The van der Waals surface area contributed by atoms with Gasteiger partial charge >= 0.3 is 17.6 Å². The Morgan fingerprint density at radius 3 is 1.50 bits per heavy atom. The highest BCUT2D eigenvalue weighted by Crippen LogP contribution is 2.31. The number of carbonyl (C=O) groups is 14. The lowest BCUT2D eigenvalue weighted by Crippen LogP contribution is -2.62. The molecule has 2 aromatic carbocycles. The van der Waals surface area contributed by atoms with Crippen LogP contribution in [0.15, 0.2) is 57.1 Å². The van der Waals surface area contributed by atoms with Crippen molar-refractivity contribution < 1.29 is 96.7 Å². The van der Waals surface area contributed by atoms with Crippen molar-refractivity contribution in [1.29, 1.82) is 0 Å². The van der Waals surface area contributed by atoms with Gasteiger partial charge in [0.1, 0.15) is 73.1 Å². The molecule has 698 valence electrons. The average molecular weight is 1790 g/mol. The summed E-state index contributed by atoms with van der Waals surface area (Å²) in [5, 5.41) is 80.9. The minimum Gasteiger partial charge on any atom is -0.480 e. The number of unbranched alkanes of at least 4 members (excludes halogenated alkanes) is 2. The number of anilines is 1. The molecule has 46 nitrogen and oxygen atoms in total. The Morgan fingerprint density at radius 1 is 0.544 bits per heavy atom. The largest absolute Gasteiger partial charge is 0.480 e. The number of fused-ring (bicyclic) bond motifs is 1. The Hall–Kier alpha value is -11.7. The van der Waals surface area contributed by atoms with Crippen LogP contribution < -0.4 is 109 Å². The highest BCUT2D eigenvalue weighted by atomic mass is 32.2. The maximum atomic E-state index is 15.0. The maximum Gasteiger partial charge on any atom is 0.326 e. The number of amides is 12. The molecule has 0 aliphatic carbocycles. The Labute approximate surface area is 728 Å². The van der Waals surface area contributed by atoms with E-state index >= 15 is 4.79 Å². The number of aromatic nitrogens is 2. The number of thioether (sulfide) groups is 1. The van der Waals surface area contributed by atoms with Gasteiger partial charge in [-0.2, -0.15) is 0 Å². The van der Waals surface area contributed by atoms with Gasteiger partial charge in [0, 0.05) is 38.4 Å². The van der Waals surface area contributed by atoms with E-state index < -0.39 is 203 Å². The van der Waals surface area contributed by atoms with Gasteiger partial charge in [0.2, 0.25) is 76.4 Å². The number of rotatable bonds is 61. The molecule has 0 radical (unpaired) electrons. The SMILES string of the molecule is CC[C@H](C)[C@H](NC(=O)[C@H](CC(C)C)NC(=O)[C@@H](N)CCCCN)C(=O)NCC(=O)N[C@H](C(=O)N[C@@H](CC(C)C)C(=O)N[C@@H](CO)C(=O)N[C@@H](CO)C(=O)N[C@@H](CSCC(=O)OCCN(C)c1ccc([N+](=O)[O-])c2nonc12)C(=O)N[C@@H](Cc1ccccc1)C(=O)N[C@@H](CCCN=C(N)N)C(=O)N[C@@H](CCCN=C(N)N)C(=O)N[C@@H](CCCCN)C(=O)O)C(C)C. The van der Waals surface area contributed by atoms with E-state index in [0.717, 1.165) is 11.8 Å². The second kappa shape index (κ2) is 57.0. The zero-order chi connectivity index (χ0) is 93.6. The number of hydrogen-bond acceptors (Lipinski definition) is 29. The minimum absolute atomic E-state index is 0.00891. The van der Waals surface area contributed by atoms with Crippen LogP contribution in [0.1, 0.15) is 144 Å². The van der Waals surface area contributed by atoms with Gasteiger partial charge in [-0.1, -0.05) is 98.6 Å². The number of aliphatic imine (C=N–C) groups is 2. The number of nitrogens with two attached hydrogens (primary N) is 7. The Morgan fingerprint density at radius 2 is 1.00 bits per heavy atom. The van der Waals surface area contributed by atoms with Crippen LogP contribution in [-0.2, 0) is 78.3 Å². The van der Waals surface area contributed by atoms with Gasteiger partial charge in [0.05, 0.1) is 48.7 Å². The lowest BCUT2D eigenvalue weighted by Gasteiger charge is -2.28. The molecule has 0 aliphatic heterocycles. The number of carboxylic acids is 1. The first-order valence-corrected chi connectivity index (χ1v) is 42.6. The summed E-state index contributed by atoms with van der Waals surface area (Å²) >= 11 is 0.722. The number of nitrogens with zero attached hydrogens (tertiary/aromatic N) is 6. The average Bonchev–Trinajstić information content (AvgIpc) is 1.67. The van der Waals surface area contributed by atoms with Crippen LogP contribution in [-0.4, -0.2) is 275 Å². The van der Waals surface area contributed by atoms with Crippen molar-refractivity contribution in [2.24, 2.45) is 73.8 Å². The molecule has 0 bridgehead atoms. The summed E-state index contributed by atoms with van der Waals surface area (Å²) in [7, 11) is 1.57. The van der Waals surface area contributed by atoms with E-state index in [2.05, 4.69) is 84.1 Å². The molecule has 13 atom stereocenters. The summed E-state index contributed by atoms with van der Waals surface area (Å²) in [6, 6.07) is -7.23. The highest BCUT2D eigenvalue weighted by Gasteiger charge is 2.38. The van der Waals surface area contributed by atoms with Crippen molar-refractivity contribution in [1.82, 2.24) is 74.1 Å². The van der Waals surface area contributed by atoms with Crippen LogP contribution in [0.25, 0.3) is 11.0 Å². The molecule has 0 saturated carbocycles. The molecule has 47 heteroatoms. The summed E-state index contributed by atoms with van der Waals surface area (Å²) in [6.07, 6.45) is 2.17. The monoisotopic (exact) mass is 1780 g/mol. The molecule has 0 spiro atoms. The first-order valence-electron chi connectivity index (χ1n) is 41.4. The molecule has 29 N–H and O–H groups in total. The number of likely N-dealkylation sites (N-methyl/N-ethyl adjacent to an activating group) is 1. The van der Waals surface area contributed by atoms with Gasteiger partial charge < -0.3 is 129 Å². The first kappa shape index (κ1) is 107. The van der Waals surface area contributed by atoms with Crippen LogP contribution >= 0.6 is 11.8 Å². The van der Waals surface area contributed by atoms with Crippen LogP contribution in [0.5, 0.6) is 0 Å². The molecular formula is C78H129N25O21S. The zero-order valence-electron chi connectivity index (χ0n) is 72.3. The zero-order valence-corrected chi connectivity index (χ0v) is 73.1. The van der Waals surface area contributed by atoms with Crippen molar-refractivity contribution in [3.05, 3.63) is 58.1 Å². The predicted molar refractivity (Wildman–Crippen MR) is 463 cm³/mol. The van der Waals surface area contributed by atoms with E-state index in [1.165, 1.54) is 12.1 Å². The number of carboxylic acid groups (broad SMARTS) is 1. The molecule has 1 aromatic heterocycles. The lowest BCUT2D eigenvalue weighted by atomic mass is 9.96. The second-order valence-electron chi connectivity index (χ2n) is 31.1. The number of benzene rings is 2. The summed E-state index contributed by atoms with van der Waals surface area (Å²) in [5.41, 5.74) is 39.9. The fourth-order valence-electron chi connectivity index (χ4n) is 12.4. The molecule has 0 aliphatic rings. The fraction of sp³-hybridized carbons (Fsp3) is 0.641. The third kappa shape index (κ3) is 39.4. The fourth-order valence-corrected chi connectivity index (χ4v) is 13.3. The normalized spacial score (nSPS) is 14.3. The minimum atomic E-state index is -2.01. The van der Waals surface area contributed by atoms with E-state index in [0.29, 0.717) is 56.3 Å². The Balaban J connectivity index is 1.99. The molecule has 0 unspecified atom stereocenters. The lowest BCUT2D eigenvalue weighted by molar-refractivity contribution is -0.383. The van der Waals surface area contributed by atoms with Crippen LogP contribution in [0.4, 0.5) is 11.4 Å². The third-order valence-corrected chi connectivity index (χ3v) is 20.5. The molecule has 3 aromatic rings. The molecule has 3 rings (SSSR count). The van der Waals surface area contributed by atoms with Gasteiger partial charge in [-0.3, -0.25) is 82.4 Å².